The van der Waals surface area contributed by atoms with Gasteiger partial charge in [-0.2, -0.15) is 0 Å². The zero-order chi connectivity index (χ0) is 19.6. The Bertz CT molecular complexity index is 866. The molecule has 9 heteroatoms. The van der Waals surface area contributed by atoms with Gasteiger partial charge in [-0.25, -0.2) is 8.42 Å². The van der Waals surface area contributed by atoms with E-state index in [1.165, 1.54) is 0 Å². The highest BCUT2D eigenvalue weighted by Gasteiger charge is 2.38. The van der Waals surface area contributed by atoms with Crippen LogP contribution in [-0.4, -0.2) is 62.6 Å². The Morgan fingerprint density at radius 1 is 1.18 bits per heavy atom. The van der Waals surface area contributed by atoms with Crippen molar-refractivity contribution in [3.05, 3.63) is 53.7 Å². The van der Waals surface area contributed by atoms with Crippen LogP contribution in [-0.2, 0) is 24.2 Å². The number of hydrogen-bond donors (Lipinski definition) is 0. The van der Waals surface area contributed by atoms with Crippen LogP contribution in [0.2, 0.25) is 0 Å². The third kappa shape index (κ3) is 4.00. The van der Waals surface area contributed by atoms with Crippen molar-refractivity contribution in [1.82, 2.24) is 8.72 Å². The quantitative estimate of drug-likeness (QED) is 0.624. The van der Waals surface area contributed by atoms with Gasteiger partial charge in [0.1, 0.15) is 25.6 Å². The molecule has 2 heterocycles. The molecule has 0 N–H and O–H groups in total. The predicted molar refractivity (Wildman–Crippen MR) is 104 cm³/mol. The van der Waals surface area contributed by atoms with Crippen molar-refractivity contribution in [1.29, 1.82) is 0 Å². The monoisotopic (exact) mass is 426 g/mol. The smallest absolute Gasteiger partial charge is 0.256 e. The number of halogens is 1. The molecule has 1 aromatic rings. The van der Waals surface area contributed by atoms with Crippen LogP contribution in [0.1, 0.15) is 12.8 Å². The normalized spacial score (nSPS) is 20.7. The lowest BCUT2D eigenvalue weighted by Gasteiger charge is -2.41. The molecular weight excluding hydrogens is 404 g/mol. The molecule has 0 bridgehead atoms. The highest BCUT2D eigenvalue weighted by atomic mass is 35.5. The lowest BCUT2D eigenvalue weighted by molar-refractivity contribution is 0.0336. The van der Waals surface area contributed by atoms with Crippen LogP contribution in [0.3, 0.4) is 0 Å². The number of benzene rings is 1. The highest BCUT2D eigenvalue weighted by Crippen LogP contribution is 2.30. The van der Waals surface area contributed by atoms with E-state index in [0.717, 1.165) is 33.9 Å². The van der Waals surface area contributed by atoms with Gasteiger partial charge in [0.15, 0.2) is 11.5 Å². The second-order valence-electron chi connectivity index (χ2n) is 6.88. The molecule has 2 aliphatic heterocycles. The van der Waals surface area contributed by atoms with Crippen LogP contribution in [0, 0.1) is 0 Å². The fraction of sp³-hybridized carbons (Fsp3) is 0.474. The molecule has 0 spiro atoms. The molecule has 0 unspecified atom stereocenters. The van der Waals surface area contributed by atoms with E-state index >= 15 is 0 Å². The first-order valence-electron chi connectivity index (χ1n) is 9.35. The number of ether oxygens (including phenoxy) is 3. The molecule has 28 heavy (non-hydrogen) atoms. The maximum Gasteiger partial charge on any atom is 0.256 e. The largest absolute Gasteiger partial charge is 0.490 e. The highest BCUT2D eigenvalue weighted by molar-refractivity contribution is 7.90. The van der Waals surface area contributed by atoms with Crippen molar-refractivity contribution in [2.45, 2.75) is 23.8 Å². The SMILES string of the molecule is O=S(=O)(c1ccccc1)N(Cl)C1CN(CCOC2=CCCC3=C2OCCO3)C1. The fourth-order valence-corrected chi connectivity index (χ4v) is 5.02. The minimum Gasteiger partial charge on any atom is -0.490 e. The van der Waals surface area contributed by atoms with Gasteiger partial charge in [-0.15, -0.1) is 3.82 Å². The third-order valence-corrected chi connectivity index (χ3v) is 7.39. The van der Waals surface area contributed by atoms with Crippen molar-refractivity contribution in [3.8, 4) is 0 Å². The van der Waals surface area contributed by atoms with E-state index in [-0.39, 0.29) is 10.9 Å². The number of sulfonamides is 1. The average Bonchev–Trinajstić information content (AvgIpc) is 2.70. The van der Waals surface area contributed by atoms with Crippen molar-refractivity contribution in [2.24, 2.45) is 0 Å². The molecule has 3 aliphatic rings. The summed E-state index contributed by atoms with van der Waals surface area (Å²) >= 11 is 6.15. The Balaban J connectivity index is 1.24. The van der Waals surface area contributed by atoms with Crippen LogP contribution in [0.4, 0.5) is 0 Å². The van der Waals surface area contributed by atoms with Crippen LogP contribution >= 0.6 is 11.8 Å². The summed E-state index contributed by atoms with van der Waals surface area (Å²) in [5.41, 5.74) is 0. The van der Waals surface area contributed by atoms with Gasteiger partial charge in [0.25, 0.3) is 10.0 Å². The molecule has 0 aromatic heterocycles. The van der Waals surface area contributed by atoms with Gasteiger partial charge >= 0.3 is 0 Å². The number of likely N-dealkylation sites (tertiary alicyclic amines) is 1. The summed E-state index contributed by atoms with van der Waals surface area (Å²) in [6.45, 7) is 3.45. The van der Waals surface area contributed by atoms with E-state index in [2.05, 4.69) is 4.90 Å². The second-order valence-corrected chi connectivity index (χ2v) is 9.26. The first-order chi connectivity index (χ1) is 13.6. The van der Waals surface area contributed by atoms with Crippen LogP contribution in [0.25, 0.3) is 0 Å². The summed E-state index contributed by atoms with van der Waals surface area (Å²) in [5, 5.41) is 0. The van der Waals surface area contributed by atoms with E-state index in [1.54, 1.807) is 30.3 Å². The summed E-state index contributed by atoms with van der Waals surface area (Å²) in [4.78, 5) is 2.31. The van der Waals surface area contributed by atoms with Gasteiger partial charge in [-0.3, -0.25) is 4.90 Å². The molecule has 0 radical (unpaired) electrons. The zero-order valence-electron chi connectivity index (χ0n) is 15.4. The summed E-state index contributed by atoms with van der Waals surface area (Å²) in [6.07, 6.45) is 3.75. The molecule has 4 rings (SSSR count). The van der Waals surface area contributed by atoms with Gasteiger partial charge in [0.2, 0.25) is 0 Å². The standard InChI is InChI=1S/C19H23ClN2O5S/c20-22(28(23,24)16-5-2-1-3-6-16)15-13-21(14-15)9-10-25-17-7-4-8-18-19(17)27-12-11-26-18/h1-3,5-7,15H,4,8-14H2. The Morgan fingerprint density at radius 3 is 2.71 bits per heavy atom. The van der Waals surface area contributed by atoms with Crippen molar-refractivity contribution >= 4 is 21.8 Å². The minimum atomic E-state index is -3.68. The number of nitrogens with zero attached hydrogens (tertiary/aromatic N) is 2. The van der Waals surface area contributed by atoms with Gasteiger partial charge in [0.05, 0.1) is 10.9 Å². The maximum absolute atomic E-state index is 12.5. The molecule has 1 fully saturated rings. The maximum atomic E-state index is 12.5. The molecule has 0 saturated carbocycles. The topological polar surface area (TPSA) is 68.3 Å². The van der Waals surface area contributed by atoms with Gasteiger partial charge < -0.3 is 14.2 Å². The molecular formula is C19H23ClN2O5S. The number of hydrogen-bond acceptors (Lipinski definition) is 6. The van der Waals surface area contributed by atoms with Crippen molar-refractivity contribution in [2.75, 3.05) is 39.5 Å². The van der Waals surface area contributed by atoms with E-state index in [4.69, 9.17) is 26.0 Å². The van der Waals surface area contributed by atoms with Crippen LogP contribution in [0.15, 0.2) is 58.6 Å². The Labute approximate surface area is 170 Å². The first kappa shape index (κ1) is 19.6. The molecule has 152 valence electrons. The molecule has 0 atom stereocenters. The molecule has 1 aliphatic carbocycles. The second kappa shape index (κ2) is 8.32. The van der Waals surface area contributed by atoms with Crippen LogP contribution in [0.5, 0.6) is 0 Å². The molecule has 1 aromatic carbocycles. The van der Waals surface area contributed by atoms with E-state index in [0.29, 0.717) is 39.5 Å². The van der Waals surface area contributed by atoms with E-state index in [1.807, 2.05) is 6.08 Å². The Morgan fingerprint density at radius 2 is 1.93 bits per heavy atom. The Hall–Kier alpha value is -1.74. The predicted octanol–water partition coefficient (Wildman–Crippen LogP) is 2.47. The number of rotatable bonds is 7. The summed E-state index contributed by atoms with van der Waals surface area (Å²) in [6, 6.07) is 7.99. The molecule has 7 nitrogen and oxygen atoms in total. The van der Waals surface area contributed by atoms with E-state index < -0.39 is 10.0 Å². The summed E-state index contributed by atoms with van der Waals surface area (Å²) < 4.78 is 43.2. The third-order valence-electron chi connectivity index (χ3n) is 4.94. The fourth-order valence-electron chi connectivity index (χ4n) is 3.43. The van der Waals surface area contributed by atoms with Crippen LogP contribution < -0.4 is 0 Å². The summed E-state index contributed by atoms with van der Waals surface area (Å²) in [7, 11) is -3.68. The molecule has 1 saturated heterocycles. The minimum absolute atomic E-state index is 0.204. The first-order valence-corrected chi connectivity index (χ1v) is 11.1. The zero-order valence-corrected chi connectivity index (χ0v) is 17.0. The van der Waals surface area contributed by atoms with Gasteiger partial charge in [-0.05, 0) is 36.4 Å². The lowest BCUT2D eigenvalue weighted by Crippen LogP contribution is -2.58. The summed E-state index contributed by atoms with van der Waals surface area (Å²) in [5.74, 6) is 2.33. The van der Waals surface area contributed by atoms with Crippen molar-refractivity contribution < 1.29 is 22.6 Å². The lowest BCUT2D eigenvalue weighted by atomic mass is 10.1. The van der Waals surface area contributed by atoms with E-state index in [9.17, 15) is 8.42 Å². The molecule has 0 amide bonds. The average molecular weight is 427 g/mol. The van der Waals surface area contributed by atoms with Crippen molar-refractivity contribution in [3.63, 3.8) is 0 Å². The van der Waals surface area contributed by atoms with Gasteiger partial charge in [0, 0.05) is 26.1 Å². The number of allylic oxidation sites excluding steroid dienone is 2. The Kier molecular flexibility index (Phi) is 5.82. The van der Waals surface area contributed by atoms with Gasteiger partial charge in [-0.1, -0.05) is 18.2 Å².